The van der Waals surface area contributed by atoms with Gasteiger partial charge < -0.3 is 10.8 Å². The van der Waals surface area contributed by atoms with Crippen molar-refractivity contribution in [3.63, 3.8) is 0 Å². The highest BCUT2D eigenvalue weighted by Crippen LogP contribution is 2.16. The van der Waals surface area contributed by atoms with Crippen molar-refractivity contribution in [3.8, 4) is 0 Å². The monoisotopic (exact) mass is 181 g/mol. The molecule has 0 fully saturated rings. The summed E-state index contributed by atoms with van der Waals surface area (Å²) in [6.07, 6.45) is 0.256. The third-order valence-electron chi connectivity index (χ3n) is 2.02. The number of hydrogen-bond acceptors (Lipinski definition) is 2. The Balaban J connectivity index is 0.00000144. The van der Waals surface area contributed by atoms with E-state index in [0.717, 1.165) is 12.0 Å². The molecule has 0 spiro atoms. The Morgan fingerprint density at radius 2 is 1.85 bits per heavy atom. The predicted molar refractivity (Wildman–Crippen MR) is 56.4 cm³/mol. The van der Waals surface area contributed by atoms with Crippen molar-refractivity contribution in [2.75, 3.05) is 0 Å². The summed E-state index contributed by atoms with van der Waals surface area (Å²) in [4.78, 5) is 0. The van der Waals surface area contributed by atoms with Gasteiger partial charge in [0.15, 0.2) is 0 Å². The highest BCUT2D eigenvalue weighted by Gasteiger charge is 2.13. The Kier molecular flexibility index (Phi) is 5.35. The maximum atomic E-state index is 9.66. The molecule has 1 aromatic rings. The first-order chi connectivity index (χ1) is 5.75. The maximum absolute atomic E-state index is 9.66. The molecule has 13 heavy (non-hydrogen) atoms. The van der Waals surface area contributed by atoms with Gasteiger partial charge in [-0.1, -0.05) is 44.7 Å². The van der Waals surface area contributed by atoms with E-state index in [1.807, 2.05) is 37.3 Å². The van der Waals surface area contributed by atoms with Crippen molar-refractivity contribution in [1.29, 1.82) is 0 Å². The fraction of sp³-hybridized carbons (Fsp3) is 0.455. The van der Waals surface area contributed by atoms with Gasteiger partial charge in [0.1, 0.15) is 0 Å². The van der Waals surface area contributed by atoms with Crippen LogP contribution >= 0.6 is 0 Å². The molecular weight excluding hydrogens is 162 g/mol. The molecule has 0 saturated heterocycles. The van der Waals surface area contributed by atoms with Crippen LogP contribution in [0.4, 0.5) is 0 Å². The summed E-state index contributed by atoms with van der Waals surface area (Å²) in [6.45, 7) is 1.97. The van der Waals surface area contributed by atoms with E-state index in [1.54, 1.807) is 0 Å². The summed E-state index contributed by atoms with van der Waals surface area (Å²) in [6, 6.07) is 9.35. The Hall–Kier alpha value is -0.860. The number of rotatable bonds is 3. The average Bonchev–Trinajstić information content (AvgIpc) is 2.17. The molecule has 0 saturated carbocycles. The van der Waals surface area contributed by atoms with Crippen LogP contribution in [0, 0.1) is 0 Å². The molecule has 3 N–H and O–H groups in total. The van der Waals surface area contributed by atoms with Crippen LogP contribution in [0.15, 0.2) is 30.3 Å². The number of benzene rings is 1. The molecule has 0 amide bonds. The van der Waals surface area contributed by atoms with Crippen LogP contribution < -0.4 is 5.73 Å². The van der Waals surface area contributed by atoms with Gasteiger partial charge >= 0.3 is 0 Å². The summed E-state index contributed by atoms with van der Waals surface area (Å²) in [5.74, 6) is 0. The number of aliphatic hydroxyl groups is 1. The Morgan fingerprint density at radius 1 is 1.31 bits per heavy atom. The molecule has 0 radical (unpaired) electrons. The lowest BCUT2D eigenvalue weighted by Crippen LogP contribution is -2.27. The lowest BCUT2D eigenvalue weighted by atomic mass is 10.0. The summed E-state index contributed by atoms with van der Waals surface area (Å²) in [5, 5.41) is 9.66. The lowest BCUT2D eigenvalue weighted by molar-refractivity contribution is 0.144. The van der Waals surface area contributed by atoms with Gasteiger partial charge in [-0.15, -0.1) is 0 Å². The fourth-order valence-corrected chi connectivity index (χ4v) is 1.12. The van der Waals surface area contributed by atoms with E-state index in [4.69, 9.17) is 5.73 Å². The highest BCUT2D eigenvalue weighted by molar-refractivity contribution is 5.18. The first-order valence-electron chi connectivity index (χ1n) is 4.24. The quantitative estimate of drug-likeness (QED) is 0.750. The van der Waals surface area contributed by atoms with Crippen molar-refractivity contribution < 1.29 is 5.11 Å². The molecule has 74 valence electrons. The molecule has 0 unspecified atom stereocenters. The van der Waals surface area contributed by atoms with Gasteiger partial charge in [-0.25, -0.2) is 0 Å². The summed E-state index contributed by atoms with van der Waals surface area (Å²) in [5.41, 5.74) is 6.59. The van der Waals surface area contributed by atoms with Gasteiger partial charge in [0.25, 0.3) is 0 Å². The topological polar surface area (TPSA) is 46.2 Å². The van der Waals surface area contributed by atoms with Gasteiger partial charge in [0, 0.05) is 6.04 Å². The van der Waals surface area contributed by atoms with Crippen molar-refractivity contribution in [2.24, 2.45) is 5.73 Å². The number of aliphatic hydroxyl groups excluding tert-OH is 1. The SMILES string of the molecule is C.CC[C@H](N)[C@H](O)c1ccccc1. The van der Waals surface area contributed by atoms with Crippen LogP contribution in [0.2, 0.25) is 0 Å². The van der Waals surface area contributed by atoms with E-state index in [2.05, 4.69) is 0 Å². The second kappa shape index (κ2) is 5.73. The first-order valence-corrected chi connectivity index (χ1v) is 4.24. The Morgan fingerprint density at radius 3 is 2.31 bits per heavy atom. The van der Waals surface area contributed by atoms with Crippen LogP contribution in [0.1, 0.15) is 32.4 Å². The van der Waals surface area contributed by atoms with E-state index < -0.39 is 6.10 Å². The van der Waals surface area contributed by atoms with Gasteiger partial charge in [-0.2, -0.15) is 0 Å². The molecule has 0 aliphatic carbocycles. The largest absolute Gasteiger partial charge is 0.387 e. The third-order valence-corrected chi connectivity index (χ3v) is 2.02. The van der Waals surface area contributed by atoms with E-state index in [1.165, 1.54) is 0 Å². The van der Waals surface area contributed by atoms with Crippen molar-refractivity contribution >= 4 is 0 Å². The predicted octanol–water partition coefficient (Wildman–Crippen LogP) is 2.09. The van der Waals surface area contributed by atoms with E-state index in [-0.39, 0.29) is 13.5 Å². The van der Waals surface area contributed by atoms with Gasteiger partial charge in [0.05, 0.1) is 6.10 Å². The van der Waals surface area contributed by atoms with Crippen LogP contribution in [-0.2, 0) is 0 Å². The van der Waals surface area contributed by atoms with E-state index >= 15 is 0 Å². The smallest absolute Gasteiger partial charge is 0.0940 e. The van der Waals surface area contributed by atoms with Gasteiger partial charge in [0.2, 0.25) is 0 Å². The fourth-order valence-electron chi connectivity index (χ4n) is 1.12. The molecule has 0 aliphatic heterocycles. The van der Waals surface area contributed by atoms with Crippen LogP contribution in [0.5, 0.6) is 0 Å². The number of hydrogen-bond donors (Lipinski definition) is 2. The Bertz CT molecular complexity index is 223. The molecule has 2 heteroatoms. The van der Waals surface area contributed by atoms with Crippen molar-refractivity contribution in [3.05, 3.63) is 35.9 Å². The molecule has 2 nitrogen and oxygen atoms in total. The van der Waals surface area contributed by atoms with Crippen molar-refractivity contribution in [2.45, 2.75) is 32.9 Å². The zero-order valence-corrected chi connectivity index (χ0v) is 7.27. The van der Waals surface area contributed by atoms with Crippen molar-refractivity contribution in [1.82, 2.24) is 0 Å². The minimum atomic E-state index is -0.531. The standard InChI is InChI=1S/C10H15NO.CH4/c1-2-9(11)10(12)8-6-4-3-5-7-8;/h3-7,9-10,12H,2,11H2,1H3;1H4/t9-,10+;/m0./s1. The minimum Gasteiger partial charge on any atom is -0.387 e. The average molecular weight is 181 g/mol. The first kappa shape index (κ1) is 12.1. The Labute approximate surface area is 80.4 Å². The summed E-state index contributed by atoms with van der Waals surface area (Å²) in [7, 11) is 0. The van der Waals surface area contributed by atoms with Crippen LogP contribution in [0.25, 0.3) is 0 Å². The summed E-state index contributed by atoms with van der Waals surface area (Å²) >= 11 is 0. The molecular formula is C11H19NO. The molecule has 0 heterocycles. The minimum absolute atomic E-state index is 0. The van der Waals surface area contributed by atoms with Crippen LogP contribution in [0.3, 0.4) is 0 Å². The zero-order valence-electron chi connectivity index (χ0n) is 7.27. The van der Waals surface area contributed by atoms with Gasteiger partial charge in [-0.05, 0) is 12.0 Å². The summed E-state index contributed by atoms with van der Waals surface area (Å²) < 4.78 is 0. The molecule has 0 aromatic heterocycles. The molecule has 0 bridgehead atoms. The van der Waals surface area contributed by atoms with E-state index in [0.29, 0.717) is 0 Å². The van der Waals surface area contributed by atoms with E-state index in [9.17, 15) is 5.11 Å². The van der Waals surface area contributed by atoms with Gasteiger partial charge in [-0.3, -0.25) is 0 Å². The molecule has 0 aliphatic rings. The zero-order chi connectivity index (χ0) is 8.97. The normalized spacial score (nSPS) is 14.4. The lowest BCUT2D eigenvalue weighted by Gasteiger charge is -2.16. The maximum Gasteiger partial charge on any atom is 0.0940 e. The number of nitrogens with two attached hydrogens (primary N) is 1. The highest BCUT2D eigenvalue weighted by atomic mass is 16.3. The molecule has 2 atom stereocenters. The third kappa shape index (κ3) is 3.17. The molecule has 1 rings (SSSR count). The second-order valence-electron chi connectivity index (χ2n) is 2.93. The van der Waals surface area contributed by atoms with Crippen LogP contribution in [-0.4, -0.2) is 11.1 Å². The molecule has 1 aromatic carbocycles. The second-order valence-corrected chi connectivity index (χ2v) is 2.93.